The third kappa shape index (κ3) is 13.5. The summed E-state index contributed by atoms with van der Waals surface area (Å²) in [6.07, 6.45) is 3.51. The quantitative estimate of drug-likeness (QED) is 0.0381. The molecule has 1 aliphatic rings. The number of unbranched alkanes of at least 4 members (excludes halogenated alkanes) is 2. The number of likely N-dealkylation sites (N-methyl/N-ethyl adjacent to an activating group) is 1. The molecule has 3 aromatic carbocycles. The summed E-state index contributed by atoms with van der Waals surface area (Å²) < 4.78 is 12.2. The average Bonchev–Trinajstić information content (AvgIpc) is 3.32. The number of carbonyl (C=O) groups is 5. The summed E-state index contributed by atoms with van der Waals surface area (Å²) >= 11 is 1.80. The van der Waals surface area contributed by atoms with Gasteiger partial charge in [-0.3, -0.25) is 24.0 Å². The molecule has 0 fully saturated rings. The zero-order valence-corrected chi connectivity index (χ0v) is 40.2. The number of hydrogen-bond donors (Lipinski definition) is 7. The molecule has 18 nitrogen and oxygen atoms in total. The highest BCUT2D eigenvalue weighted by Crippen LogP contribution is 2.40. The van der Waals surface area contributed by atoms with Crippen molar-refractivity contribution in [3.05, 3.63) is 88.7 Å². The monoisotopic (exact) mass is 949 g/mol. The van der Waals surface area contributed by atoms with Gasteiger partial charge in [0.15, 0.2) is 5.82 Å². The number of aromatic nitrogens is 2. The van der Waals surface area contributed by atoms with Gasteiger partial charge in [-0.1, -0.05) is 44.0 Å². The summed E-state index contributed by atoms with van der Waals surface area (Å²) in [6, 6.07) is 15.0. The van der Waals surface area contributed by atoms with Crippen molar-refractivity contribution < 1.29 is 33.4 Å². The Morgan fingerprint density at radius 3 is 2.16 bits per heavy atom. The molecular formula is C49H63N11O7S. The Hall–Kier alpha value is -6.59. The molecule has 5 rings (SSSR count). The van der Waals surface area contributed by atoms with Gasteiger partial charge >= 0.3 is 0 Å². The number of nitriles is 1. The lowest BCUT2D eigenvalue weighted by molar-refractivity contribution is -0.141. The van der Waals surface area contributed by atoms with E-state index in [2.05, 4.69) is 38.2 Å². The van der Waals surface area contributed by atoms with E-state index in [9.17, 15) is 29.2 Å². The Balaban J connectivity index is 1.53. The lowest BCUT2D eigenvalue weighted by Crippen LogP contribution is -2.56. The summed E-state index contributed by atoms with van der Waals surface area (Å²) in [6.45, 7) is 7.40. The Bertz CT molecular complexity index is 2440. The highest BCUT2D eigenvalue weighted by Gasteiger charge is 2.36. The second-order valence-corrected chi connectivity index (χ2v) is 17.5. The van der Waals surface area contributed by atoms with E-state index in [1.807, 2.05) is 30.3 Å². The Morgan fingerprint density at radius 1 is 0.897 bits per heavy atom. The van der Waals surface area contributed by atoms with Crippen molar-refractivity contribution >= 4 is 41.3 Å². The van der Waals surface area contributed by atoms with Gasteiger partial charge in [0.25, 0.3) is 5.91 Å². The van der Waals surface area contributed by atoms with Gasteiger partial charge in [-0.15, -0.1) is 11.8 Å². The van der Waals surface area contributed by atoms with E-state index in [0.29, 0.717) is 51.0 Å². The molecule has 0 radical (unpaired) electrons. The first-order valence-electron chi connectivity index (χ1n) is 22.8. The van der Waals surface area contributed by atoms with E-state index in [1.54, 1.807) is 62.0 Å². The van der Waals surface area contributed by atoms with Crippen molar-refractivity contribution in [1.82, 2.24) is 36.1 Å². The lowest BCUT2D eigenvalue weighted by atomic mass is 9.93. The maximum absolute atomic E-state index is 14.7. The minimum absolute atomic E-state index is 0.00123. The summed E-state index contributed by atoms with van der Waals surface area (Å²) in [7, 11) is 1.42. The number of aryl methyl sites for hydroxylation is 2. The van der Waals surface area contributed by atoms with E-state index in [0.717, 1.165) is 29.1 Å². The van der Waals surface area contributed by atoms with Crippen LogP contribution in [0.2, 0.25) is 0 Å². The van der Waals surface area contributed by atoms with Crippen LogP contribution < -0.4 is 47.9 Å². The molecule has 0 saturated carbocycles. The molecule has 4 atom stereocenters. The molecule has 0 spiro atoms. The van der Waals surface area contributed by atoms with E-state index >= 15 is 0 Å². The topological polar surface area (TPSA) is 283 Å². The number of hydrogen-bond acceptors (Lipinski definition) is 14. The van der Waals surface area contributed by atoms with E-state index in [-0.39, 0.29) is 57.8 Å². The van der Waals surface area contributed by atoms with Crippen LogP contribution in [0.4, 0.5) is 0 Å². The summed E-state index contributed by atoms with van der Waals surface area (Å²) in [4.78, 5) is 82.3. The first kappa shape index (κ1) is 52.4. The van der Waals surface area contributed by atoms with Gasteiger partial charge in [-0.05, 0) is 93.4 Å². The van der Waals surface area contributed by atoms with Crippen LogP contribution in [0, 0.1) is 25.2 Å². The maximum atomic E-state index is 14.7. The number of thioether (sulfide) groups is 1. The van der Waals surface area contributed by atoms with E-state index in [4.69, 9.17) is 26.7 Å². The number of fused-ring (bicyclic) bond motifs is 5. The third-order valence-electron chi connectivity index (χ3n) is 11.2. The molecule has 1 aromatic heterocycles. The van der Waals surface area contributed by atoms with Gasteiger partial charge in [0, 0.05) is 48.1 Å². The van der Waals surface area contributed by atoms with Gasteiger partial charge in [0.2, 0.25) is 23.6 Å². The summed E-state index contributed by atoms with van der Waals surface area (Å²) in [5.74, 6) is -1.06. The number of rotatable bonds is 20. The second-order valence-electron chi connectivity index (χ2n) is 16.4. The van der Waals surface area contributed by atoms with Crippen LogP contribution in [0.25, 0.3) is 22.5 Å². The van der Waals surface area contributed by atoms with Crippen LogP contribution in [-0.4, -0.2) is 115 Å². The van der Waals surface area contributed by atoms with Gasteiger partial charge in [-0.25, -0.2) is 9.97 Å². The third-order valence-corrected chi connectivity index (χ3v) is 12.3. The minimum atomic E-state index is -1.40. The van der Waals surface area contributed by atoms with Crippen molar-refractivity contribution in [3.63, 3.8) is 0 Å². The standard InChI is InChI=1S/C49H63N11O7S/c1-6-7-8-25-68-35-13-10-33(11-14-35)44-55-29(2)42(30(3)56-44)47(63)58-38(17-18-50)49(65)60(5)43-34-12-16-41(67-24-21-53)37(28-34)36-26-32(9-15-40(36)66-23-20-52)27-39(46(62)54-22-19-51)59-45(61)31(4)57-48(43)64/h9-16,26,28,31,38-39,43H,6-8,17-18,20-25,27,50,52-53H2,1-5H3,(H,54,62)(H,57,64)(H,58,63)(H,59,61). The Kier molecular flexibility index (Phi) is 19.7. The van der Waals surface area contributed by atoms with Crippen molar-refractivity contribution in [3.8, 4) is 40.1 Å². The molecule has 0 aliphatic carbocycles. The van der Waals surface area contributed by atoms with Crippen molar-refractivity contribution in [2.75, 3.05) is 52.2 Å². The van der Waals surface area contributed by atoms with Crippen LogP contribution in [0.1, 0.15) is 78.4 Å². The first-order chi connectivity index (χ1) is 32.7. The van der Waals surface area contributed by atoms with Gasteiger partial charge in [0.05, 0.1) is 23.0 Å². The van der Waals surface area contributed by atoms with Crippen LogP contribution >= 0.6 is 11.8 Å². The van der Waals surface area contributed by atoms with Crippen LogP contribution in [0.3, 0.4) is 0 Å². The zero-order chi connectivity index (χ0) is 49.3. The van der Waals surface area contributed by atoms with Gasteiger partial charge in [0.1, 0.15) is 55.4 Å². The molecule has 4 unspecified atom stereocenters. The largest absolute Gasteiger partial charge is 0.492 e. The molecule has 5 amide bonds. The fourth-order valence-corrected chi connectivity index (χ4v) is 8.69. The average molecular weight is 950 g/mol. The first-order valence-corrected chi connectivity index (χ1v) is 23.8. The second kappa shape index (κ2) is 25.5. The van der Waals surface area contributed by atoms with Crippen LogP contribution in [0.15, 0.2) is 65.6 Å². The fraction of sp³-hybridized carbons (Fsp3) is 0.429. The predicted octanol–water partition coefficient (Wildman–Crippen LogP) is 3.22. The molecule has 68 heavy (non-hydrogen) atoms. The zero-order valence-electron chi connectivity index (χ0n) is 39.4. The number of carbonyl (C=O) groups excluding carboxylic acids is 5. The van der Waals surface area contributed by atoms with Crippen molar-refractivity contribution in [2.45, 2.75) is 88.9 Å². The molecular weight excluding hydrogens is 887 g/mol. The maximum Gasteiger partial charge on any atom is 0.255 e. The fourth-order valence-electron chi connectivity index (χ4n) is 7.78. The van der Waals surface area contributed by atoms with E-state index < -0.39 is 53.7 Å². The molecule has 1 aliphatic heterocycles. The molecule has 0 saturated heterocycles. The van der Waals surface area contributed by atoms with Crippen LogP contribution in [0.5, 0.6) is 11.5 Å². The highest BCUT2D eigenvalue weighted by molar-refractivity contribution is 7.99. The smallest absolute Gasteiger partial charge is 0.255 e. The highest BCUT2D eigenvalue weighted by atomic mass is 32.2. The molecule has 10 N–H and O–H groups in total. The van der Waals surface area contributed by atoms with E-state index in [1.165, 1.54) is 25.3 Å². The number of nitrogens with one attached hydrogen (secondary N) is 4. The van der Waals surface area contributed by atoms with Crippen molar-refractivity contribution in [2.24, 2.45) is 17.2 Å². The molecule has 4 aromatic rings. The number of nitrogens with zero attached hydrogens (tertiary/aromatic N) is 4. The van der Waals surface area contributed by atoms with Crippen molar-refractivity contribution in [1.29, 1.82) is 5.26 Å². The van der Waals surface area contributed by atoms with Gasteiger partial charge in [-0.2, -0.15) is 5.26 Å². The SMILES string of the molecule is CCCCCSc1ccc(-c2nc(C)c(C(=O)NC(CCN)C(=O)N(C)C3C(=O)NC(C)C(=O)NC(C(=O)NCC#N)Cc4ccc(OCCN)c(c4)-c4cc3ccc4OCCN)c(C)n2)cc1. The van der Waals surface area contributed by atoms with Gasteiger partial charge < -0.3 is 52.8 Å². The number of ether oxygens (including phenoxy) is 2. The molecule has 2 heterocycles. The molecule has 362 valence electrons. The predicted molar refractivity (Wildman–Crippen MR) is 260 cm³/mol. The summed E-state index contributed by atoms with van der Waals surface area (Å²) in [5.41, 5.74) is 21.4. The number of benzene rings is 3. The Morgan fingerprint density at radius 2 is 1.54 bits per heavy atom. The lowest BCUT2D eigenvalue weighted by Gasteiger charge is -2.32. The summed E-state index contributed by atoms with van der Waals surface area (Å²) in [5, 5.41) is 20.0. The Labute approximate surface area is 401 Å². The number of amides is 5. The molecule has 4 bridgehead atoms. The molecule has 19 heteroatoms. The normalized spacial score (nSPS) is 16.2. The minimum Gasteiger partial charge on any atom is -0.492 e. The number of nitrogens with two attached hydrogens (primary N) is 3. The van der Waals surface area contributed by atoms with Crippen LogP contribution in [-0.2, 0) is 25.6 Å².